The van der Waals surface area contributed by atoms with Gasteiger partial charge in [-0.1, -0.05) is 39.7 Å². The van der Waals surface area contributed by atoms with Crippen LogP contribution < -0.4 is 0 Å². The average Bonchev–Trinajstić information content (AvgIpc) is 2.75. The number of imidazole rings is 1. The van der Waals surface area contributed by atoms with Gasteiger partial charge in [0, 0.05) is 16.2 Å². The molecule has 0 saturated heterocycles. The van der Waals surface area contributed by atoms with Crippen LogP contribution in [0.5, 0.6) is 0 Å². The SMILES string of the molecule is Clc1cccn2c(-c3ccc(Br)cc3)cnc12. The number of hydrogen-bond acceptors (Lipinski definition) is 1. The number of halogens is 2. The Hall–Kier alpha value is -1.32. The Bertz CT molecular complexity index is 673. The topological polar surface area (TPSA) is 17.3 Å². The molecular weight excluding hydrogens is 300 g/mol. The molecule has 0 spiro atoms. The Balaban J connectivity index is 2.24. The Morgan fingerprint density at radius 2 is 1.88 bits per heavy atom. The van der Waals surface area contributed by atoms with Crippen molar-refractivity contribution in [1.82, 2.24) is 9.38 Å². The number of rotatable bonds is 1. The van der Waals surface area contributed by atoms with Gasteiger partial charge in [0.25, 0.3) is 0 Å². The van der Waals surface area contributed by atoms with Gasteiger partial charge in [0.15, 0.2) is 5.65 Å². The summed E-state index contributed by atoms with van der Waals surface area (Å²) in [5, 5.41) is 0.663. The molecule has 0 amide bonds. The van der Waals surface area contributed by atoms with E-state index in [0.29, 0.717) is 5.02 Å². The smallest absolute Gasteiger partial charge is 0.156 e. The first-order valence-corrected chi connectivity index (χ1v) is 6.30. The van der Waals surface area contributed by atoms with Crippen LogP contribution in [0, 0.1) is 0 Å². The van der Waals surface area contributed by atoms with E-state index in [1.54, 1.807) is 0 Å². The molecule has 1 aromatic carbocycles. The maximum absolute atomic E-state index is 6.09. The monoisotopic (exact) mass is 306 g/mol. The van der Waals surface area contributed by atoms with Crippen molar-refractivity contribution in [2.24, 2.45) is 0 Å². The zero-order valence-electron chi connectivity index (χ0n) is 8.77. The maximum Gasteiger partial charge on any atom is 0.156 e. The van der Waals surface area contributed by atoms with Crippen LogP contribution in [-0.4, -0.2) is 9.38 Å². The molecule has 17 heavy (non-hydrogen) atoms. The number of fused-ring (bicyclic) bond motifs is 1. The van der Waals surface area contributed by atoms with E-state index in [1.807, 2.05) is 41.1 Å². The molecule has 0 aliphatic heterocycles. The molecule has 0 bridgehead atoms. The van der Waals surface area contributed by atoms with Gasteiger partial charge >= 0.3 is 0 Å². The standard InChI is InChI=1S/C13H8BrClN2/c14-10-5-3-9(4-6-10)12-8-16-13-11(15)2-1-7-17(12)13/h1-8H. The van der Waals surface area contributed by atoms with E-state index in [1.165, 1.54) is 0 Å². The third-order valence-electron chi connectivity index (χ3n) is 2.63. The normalized spacial score (nSPS) is 10.9. The predicted octanol–water partition coefficient (Wildman–Crippen LogP) is 4.42. The van der Waals surface area contributed by atoms with Crippen molar-refractivity contribution in [3.8, 4) is 11.3 Å². The van der Waals surface area contributed by atoms with Crippen LogP contribution in [0.15, 0.2) is 53.3 Å². The van der Waals surface area contributed by atoms with Gasteiger partial charge in [-0.25, -0.2) is 4.98 Å². The van der Waals surface area contributed by atoms with E-state index in [0.717, 1.165) is 21.4 Å². The molecule has 0 N–H and O–H groups in total. The Morgan fingerprint density at radius 3 is 2.65 bits per heavy atom. The van der Waals surface area contributed by atoms with E-state index in [9.17, 15) is 0 Å². The minimum absolute atomic E-state index is 0.663. The molecule has 0 aliphatic rings. The maximum atomic E-state index is 6.09. The average molecular weight is 308 g/mol. The molecule has 4 heteroatoms. The first-order valence-electron chi connectivity index (χ1n) is 5.13. The summed E-state index contributed by atoms with van der Waals surface area (Å²) in [6.07, 6.45) is 3.80. The molecular formula is C13H8BrClN2. The van der Waals surface area contributed by atoms with Crippen molar-refractivity contribution in [3.63, 3.8) is 0 Å². The van der Waals surface area contributed by atoms with Gasteiger partial charge in [-0.15, -0.1) is 0 Å². The first-order chi connectivity index (χ1) is 8.25. The minimum atomic E-state index is 0.663. The van der Waals surface area contributed by atoms with Gasteiger partial charge in [0.2, 0.25) is 0 Å². The Morgan fingerprint density at radius 1 is 1.12 bits per heavy atom. The zero-order valence-corrected chi connectivity index (χ0v) is 11.1. The molecule has 3 rings (SSSR count). The van der Waals surface area contributed by atoms with Crippen molar-refractivity contribution in [1.29, 1.82) is 0 Å². The van der Waals surface area contributed by atoms with Crippen LogP contribution in [0.25, 0.3) is 16.9 Å². The van der Waals surface area contributed by atoms with Crippen molar-refractivity contribution < 1.29 is 0 Å². The molecule has 0 radical (unpaired) electrons. The van der Waals surface area contributed by atoms with Crippen LogP contribution in [-0.2, 0) is 0 Å². The second kappa shape index (κ2) is 4.17. The van der Waals surface area contributed by atoms with Crippen molar-refractivity contribution >= 4 is 33.2 Å². The van der Waals surface area contributed by atoms with E-state index in [-0.39, 0.29) is 0 Å². The van der Waals surface area contributed by atoms with Gasteiger partial charge in [0.1, 0.15) is 0 Å². The lowest BCUT2D eigenvalue weighted by Crippen LogP contribution is -1.87. The third-order valence-corrected chi connectivity index (χ3v) is 3.45. The van der Waals surface area contributed by atoms with Crippen LogP contribution in [0.2, 0.25) is 5.02 Å². The van der Waals surface area contributed by atoms with Crippen molar-refractivity contribution in [2.45, 2.75) is 0 Å². The summed E-state index contributed by atoms with van der Waals surface area (Å²) in [5.74, 6) is 0. The summed E-state index contributed by atoms with van der Waals surface area (Å²) < 4.78 is 3.05. The van der Waals surface area contributed by atoms with Crippen LogP contribution in [0.4, 0.5) is 0 Å². The fourth-order valence-corrected chi connectivity index (χ4v) is 2.29. The van der Waals surface area contributed by atoms with Crippen LogP contribution in [0.1, 0.15) is 0 Å². The van der Waals surface area contributed by atoms with E-state index < -0.39 is 0 Å². The van der Waals surface area contributed by atoms with Gasteiger partial charge in [-0.3, -0.25) is 4.40 Å². The molecule has 2 aromatic heterocycles. The van der Waals surface area contributed by atoms with Crippen molar-refractivity contribution in [3.05, 3.63) is 58.3 Å². The number of pyridine rings is 1. The summed E-state index contributed by atoms with van der Waals surface area (Å²) in [4.78, 5) is 4.34. The lowest BCUT2D eigenvalue weighted by atomic mass is 10.2. The second-order valence-electron chi connectivity index (χ2n) is 3.70. The zero-order chi connectivity index (χ0) is 11.8. The molecule has 0 atom stereocenters. The summed E-state index contributed by atoms with van der Waals surface area (Å²) in [5.41, 5.74) is 2.94. The van der Waals surface area contributed by atoms with E-state index in [2.05, 4.69) is 33.0 Å². The highest BCUT2D eigenvalue weighted by Gasteiger charge is 2.07. The fraction of sp³-hybridized carbons (Fsp3) is 0. The summed E-state index contributed by atoms with van der Waals surface area (Å²) in [7, 11) is 0. The number of benzene rings is 1. The number of nitrogens with zero attached hydrogens (tertiary/aromatic N) is 2. The lowest BCUT2D eigenvalue weighted by Gasteiger charge is -2.02. The molecule has 2 nitrogen and oxygen atoms in total. The van der Waals surface area contributed by atoms with E-state index >= 15 is 0 Å². The fourth-order valence-electron chi connectivity index (χ4n) is 1.81. The molecule has 0 aliphatic carbocycles. The van der Waals surface area contributed by atoms with Gasteiger partial charge in [0.05, 0.1) is 16.9 Å². The Labute approximate surface area is 112 Å². The van der Waals surface area contributed by atoms with Gasteiger partial charge in [-0.05, 0) is 24.3 Å². The second-order valence-corrected chi connectivity index (χ2v) is 5.02. The first kappa shape index (κ1) is 10.8. The Kier molecular flexibility index (Phi) is 2.65. The number of aromatic nitrogens is 2. The molecule has 2 heterocycles. The quantitative estimate of drug-likeness (QED) is 0.650. The lowest BCUT2D eigenvalue weighted by molar-refractivity contribution is 1.19. The van der Waals surface area contributed by atoms with Gasteiger partial charge in [-0.2, -0.15) is 0 Å². The highest BCUT2D eigenvalue weighted by molar-refractivity contribution is 9.10. The highest BCUT2D eigenvalue weighted by Crippen LogP contribution is 2.25. The molecule has 0 saturated carbocycles. The molecule has 0 fully saturated rings. The molecule has 84 valence electrons. The van der Waals surface area contributed by atoms with Crippen LogP contribution in [0.3, 0.4) is 0 Å². The largest absolute Gasteiger partial charge is 0.298 e. The molecule has 0 unspecified atom stereocenters. The predicted molar refractivity (Wildman–Crippen MR) is 73.3 cm³/mol. The summed E-state index contributed by atoms with van der Waals surface area (Å²) >= 11 is 9.52. The van der Waals surface area contributed by atoms with Crippen LogP contribution >= 0.6 is 27.5 Å². The van der Waals surface area contributed by atoms with E-state index in [4.69, 9.17) is 11.6 Å². The summed E-state index contributed by atoms with van der Waals surface area (Å²) in [6, 6.07) is 11.9. The number of hydrogen-bond donors (Lipinski definition) is 0. The van der Waals surface area contributed by atoms with Gasteiger partial charge < -0.3 is 0 Å². The highest BCUT2D eigenvalue weighted by atomic mass is 79.9. The third kappa shape index (κ3) is 1.85. The summed E-state index contributed by atoms with van der Waals surface area (Å²) in [6.45, 7) is 0. The molecule has 3 aromatic rings. The van der Waals surface area contributed by atoms with Crippen molar-refractivity contribution in [2.75, 3.05) is 0 Å². The minimum Gasteiger partial charge on any atom is -0.298 e.